The third-order valence-corrected chi connectivity index (χ3v) is 4.31. The molecule has 3 aromatic heterocycles. The molecule has 2 atom stereocenters. The van der Waals surface area contributed by atoms with Gasteiger partial charge in [0.2, 0.25) is 0 Å². The molecule has 0 saturated carbocycles. The summed E-state index contributed by atoms with van der Waals surface area (Å²) < 4.78 is 7.61. The van der Waals surface area contributed by atoms with E-state index in [0.29, 0.717) is 17.7 Å². The van der Waals surface area contributed by atoms with Gasteiger partial charge < -0.3 is 10.5 Å². The van der Waals surface area contributed by atoms with Crippen molar-refractivity contribution in [1.82, 2.24) is 19.6 Å². The smallest absolute Gasteiger partial charge is 0.163 e. The molecule has 0 aliphatic rings. The van der Waals surface area contributed by atoms with E-state index in [1.54, 1.807) is 10.6 Å². The summed E-state index contributed by atoms with van der Waals surface area (Å²) in [6.07, 6.45) is 2.77. The number of hydrogen-bond donors (Lipinski definition) is 1. The molecule has 2 N–H and O–H groups in total. The Hall–Kier alpha value is -2.18. The van der Waals surface area contributed by atoms with Crippen LogP contribution in [0.3, 0.4) is 0 Å². The zero-order chi connectivity index (χ0) is 18.8. The number of pyridine rings is 1. The summed E-state index contributed by atoms with van der Waals surface area (Å²) in [6, 6.07) is 5.83. The summed E-state index contributed by atoms with van der Waals surface area (Å²) in [6.45, 7) is 8.62. The average molecular weight is 374 g/mol. The molecule has 0 aliphatic heterocycles. The topological polar surface area (TPSA) is 78.3 Å². The molecule has 0 aromatic carbocycles. The summed E-state index contributed by atoms with van der Waals surface area (Å²) in [7, 11) is 0. The fourth-order valence-corrected chi connectivity index (χ4v) is 3.23. The van der Waals surface area contributed by atoms with Crippen LogP contribution in [0.2, 0.25) is 5.15 Å². The van der Waals surface area contributed by atoms with Crippen LogP contribution >= 0.6 is 11.6 Å². The van der Waals surface area contributed by atoms with Crippen molar-refractivity contribution in [2.24, 2.45) is 11.7 Å². The first-order valence-electron chi connectivity index (χ1n) is 8.72. The number of aryl methyl sites for hydroxylation is 2. The van der Waals surface area contributed by atoms with E-state index in [4.69, 9.17) is 27.1 Å². The van der Waals surface area contributed by atoms with Gasteiger partial charge in [-0.3, -0.25) is 0 Å². The number of aromatic nitrogens is 4. The molecule has 0 saturated heterocycles. The first-order chi connectivity index (χ1) is 12.3. The van der Waals surface area contributed by atoms with E-state index in [2.05, 4.69) is 17.0 Å². The second-order valence-corrected chi connectivity index (χ2v) is 7.33. The Labute approximate surface area is 158 Å². The van der Waals surface area contributed by atoms with Crippen molar-refractivity contribution >= 4 is 17.2 Å². The summed E-state index contributed by atoms with van der Waals surface area (Å²) >= 11 is 6.16. The van der Waals surface area contributed by atoms with Crippen molar-refractivity contribution in [1.29, 1.82) is 0 Å². The molecule has 3 rings (SSSR count). The van der Waals surface area contributed by atoms with Crippen LogP contribution in [-0.2, 0) is 0 Å². The first-order valence-corrected chi connectivity index (χ1v) is 9.10. The third kappa shape index (κ3) is 4.14. The van der Waals surface area contributed by atoms with Gasteiger partial charge in [0, 0.05) is 11.6 Å². The Bertz CT molecular complexity index is 922. The van der Waals surface area contributed by atoms with E-state index in [9.17, 15) is 0 Å². The second kappa shape index (κ2) is 7.60. The van der Waals surface area contributed by atoms with Crippen LogP contribution in [0.4, 0.5) is 0 Å². The fraction of sp³-hybridized carbons (Fsp3) is 0.421. The Balaban J connectivity index is 1.86. The highest BCUT2D eigenvalue weighted by Crippen LogP contribution is 2.28. The zero-order valence-electron chi connectivity index (χ0n) is 15.5. The van der Waals surface area contributed by atoms with Gasteiger partial charge >= 0.3 is 0 Å². The molecule has 138 valence electrons. The van der Waals surface area contributed by atoms with Crippen LogP contribution in [0.15, 0.2) is 24.4 Å². The Morgan fingerprint density at radius 2 is 2.00 bits per heavy atom. The fourth-order valence-electron chi connectivity index (χ4n) is 3.03. The second-order valence-electron chi connectivity index (χ2n) is 6.94. The number of rotatable bonds is 6. The molecule has 6 nitrogen and oxygen atoms in total. The molecule has 0 bridgehead atoms. The number of nitrogens with two attached hydrogens (primary N) is 1. The standard InChI is InChI=1S/C19H24ClN5O/c1-11(7-12(2)21)10-26-17-6-5-16(23-14(17)4)15-8-18(20)24-25-9-13(3)22-19(15)25/h5-6,8-9,11-12H,7,10,21H2,1-4H3. The van der Waals surface area contributed by atoms with Crippen molar-refractivity contribution in [3.8, 4) is 17.0 Å². The van der Waals surface area contributed by atoms with Crippen LogP contribution < -0.4 is 10.5 Å². The lowest BCUT2D eigenvalue weighted by atomic mass is 10.0. The average Bonchev–Trinajstić information content (AvgIpc) is 2.92. The minimum atomic E-state index is 0.173. The molecule has 26 heavy (non-hydrogen) atoms. The van der Waals surface area contributed by atoms with Gasteiger partial charge in [0.25, 0.3) is 0 Å². The van der Waals surface area contributed by atoms with Gasteiger partial charge in [0.1, 0.15) is 5.75 Å². The van der Waals surface area contributed by atoms with Crippen molar-refractivity contribution in [3.05, 3.63) is 40.9 Å². The van der Waals surface area contributed by atoms with Crippen molar-refractivity contribution in [2.75, 3.05) is 6.61 Å². The number of nitrogens with zero attached hydrogens (tertiary/aromatic N) is 4. The van der Waals surface area contributed by atoms with Gasteiger partial charge in [-0.15, -0.1) is 0 Å². The minimum Gasteiger partial charge on any atom is -0.491 e. The largest absolute Gasteiger partial charge is 0.491 e. The maximum Gasteiger partial charge on any atom is 0.163 e. The van der Waals surface area contributed by atoms with E-state index < -0.39 is 0 Å². The molecule has 0 amide bonds. The lowest BCUT2D eigenvalue weighted by molar-refractivity contribution is 0.244. The summed E-state index contributed by atoms with van der Waals surface area (Å²) in [5, 5.41) is 4.65. The number of fused-ring (bicyclic) bond motifs is 1. The highest BCUT2D eigenvalue weighted by Gasteiger charge is 2.14. The van der Waals surface area contributed by atoms with Crippen molar-refractivity contribution in [3.63, 3.8) is 0 Å². The van der Waals surface area contributed by atoms with Gasteiger partial charge in [0.05, 0.1) is 29.9 Å². The molecule has 0 spiro atoms. The molecule has 0 aliphatic carbocycles. The van der Waals surface area contributed by atoms with E-state index in [-0.39, 0.29) is 6.04 Å². The zero-order valence-corrected chi connectivity index (χ0v) is 16.3. The lowest BCUT2D eigenvalue weighted by Gasteiger charge is -2.16. The molecule has 0 fully saturated rings. The van der Waals surface area contributed by atoms with E-state index >= 15 is 0 Å². The van der Waals surface area contributed by atoms with E-state index in [1.807, 2.05) is 39.1 Å². The molecule has 2 unspecified atom stereocenters. The Morgan fingerprint density at radius 1 is 1.23 bits per heavy atom. The van der Waals surface area contributed by atoms with Crippen LogP contribution in [-0.4, -0.2) is 32.2 Å². The molecule has 7 heteroatoms. The van der Waals surface area contributed by atoms with Crippen LogP contribution in [0.5, 0.6) is 5.75 Å². The highest BCUT2D eigenvalue weighted by atomic mass is 35.5. The van der Waals surface area contributed by atoms with Gasteiger partial charge in [-0.05, 0) is 51.3 Å². The van der Waals surface area contributed by atoms with Gasteiger partial charge in [0.15, 0.2) is 10.8 Å². The molecule has 0 radical (unpaired) electrons. The van der Waals surface area contributed by atoms with Crippen LogP contribution in [0.1, 0.15) is 31.7 Å². The third-order valence-electron chi connectivity index (χ3n) is 4.13. The first kappa shape index (κ1) is 18.6. The van der Waals surface area contributed by atoms with E-state index in [0.717, 1.165) is 40.5 Å². The van der Waals surface area contributed by atoms with Crippen molar-refractivity contribution in [2.45, 2.75) is 40.2 Å². The molecule has 3 heterocycles. The SMILES string of the molecule is Cc1cn2nc(Cl)cc(-c3ccc(OCC(C)CC(C)N)c(C)n3)c2n1. The Kier molecular flexibility index (Phi) is 5.44. The monoisotopic (exact) mass is 373 g/mol. The maximum absolute atomic E-state index is 6.16. The van der Waals surface area contributed by atoms with Gasteiger partial charge in [-0.1, -0.05) is 18.5 Å². The van der Waals surface area contributed by atoms with Crippen molar-refractivity contribution < 1.29 is 4.74 Å². The lowest BCUT2D eigenvalue weighted by Crippen LogP contribution is -2.21. The van der Waals surface area contributed by atoms with Gasteiger partial charge in [-0.2, -0.15) is 5.10 Å². The molecular weight excluding hydrogens is 350 g/mol. The molecule has 3 aromatic rings. The normalized spacial score (nSPS) is 13.8. The quantitative estimate of drug-likeness (QED) is 0.710. The minimum absolute atomic E-state index is 0.173. The van der Waals surface area contributed by atoms with Crippen LogP contribution in [0.25, 0.3) is 16.9 Å². The number of imidazole rings is 1. The number of ether oxygens (including phenoxy) is 1. The predicted octanol–water partition coefficient (Wildman–Crippen LogP) is 3.81. The summed E-state index contributed by atoms with van der Waals surface area (Å²) in [5.74, 6) is 1.17. The summed E-state index contributed by atoms with van der Waals surface area (Å²) in [5.41, 5.74) is 9.91. The highest BCUT2D eigenvalue weighted by molar-refractivity contribution is 6.29. The predicted molar refractivity (Wildman–Crippen MR) is 104 cm³/mol. The van der Waals surface area contributed by atoms with Crippen LogP contribution in [0, 0.1) is 19.8 Å². The Morgan fingerprint density at radius 3 is 2.69 bits per heavy atom. The number of halogens is 1. The number of hydrogen-bond acceptors (Lipinski definition) is 5. The molecular formula is C19H24ClN5O. The van der Waals surface area contributed by atoms with Gasteiger partial charge in [-0.25, -0.2) is 14.5 Å². The van der Waals surface area contributed by atoms with E-state index in [1.165, 1.54) is 0 Å². The summed E-state index contributed by atoms with van der Waals surface area (Å²) in [4.78, 5) is 9.22. The maximum atomic E-state index is 6.16.